The highest BCUT2D eigenvalue weighted by Gasteiger charge is 2.16. The van der Waals surface area contributed by atoms with Gasteiger partial charge in [0.25, 0.3) is 11.6 Å². The molecule has 0 atom stereocenters. The Bertz CT molecular complexity index is 1050. The van der Waals surface area contributed by atoms with Crippen molar-refractivity contribution in [3.63, 3.8) is 0 Å². The summed E-state index contributed by atoms with van der Waals surface area (Å²) < 4.78 is 0.777. The van der Waals surface area contributed by atoms with Gasteiger partial charge in [0.1, 0.15) is 0 Å². The molecule has 148 valence electrons. The Morgan fingerprint density at radius 2 is 1.93 bits per heavy atom. The third-order valence-electron chi connectivity index (χ3n) is 3.68. The summed E-state index contributed by atoms with van der Waals surface area (Å²) in [5.41, 5.74) is 1.59. The van der Waals surface area contributed by atoms with Crippen LogP contribution in [0.3, 0.4) is 0 Å². The molecule has 0 spiro atoms. The van der Waals surface area contributed by atoms with Crippen molar-refractivity contribution >= 4 is 51.5 Å². The average Bonchev–Trinajstić information content (AvgIpc) is 3.12. The number of thioether (sulfide) groups is 1. The Hall–Kier alpha value is -3.04. The summed E-state index contributed by atoms with van der Waals surface area (Å²) in [4.78, 5) is 23.6. The summed E-state index contributed by atoms with van der Waals surface area (Å²) in [5, 5.41) is 22.7. The Morgan fingerprint density at radius 3 is 2.62 bits per heavy atom. The lowest BCUT2D eigenvalue weighted by Gasteiger charge is -2.08. The Balaban J connectivity index is 1.92. The van der Waals surface area contributed by atoms with Crippen molar-refractivity contribution in [1.82, 2.24) is 10.2 Å². The molecule has 7 nitrogen and oxygen atoms in total. The van der Waals surface area contributed by atoms with Crippen LogP contribution in [0.4, 0.5) is 10.8 Å². The van der Waals surface area contributed by atoms with E-state index in [-0.39, 0.29) is 11.6 Å². The van der Waals surface area contributed by atoms with Crippen molar-refractivity contribution in [2.24, 2.45) is 0 Å². The van der Waals surface area contributed by atoms with Crippen molar-refractivity contribution in [2.75, 3.05) is 5.32 Å². The first kappa shape index (κ1) is 20.7. The summed E-state index contributed by atoms with van der Waals surface area (Å²) in [5.74, 6) is -0.361. The molecular weight excluding hydrogens is 408 g/mol. The van der Waals surface area contributed by atoms with Crippen molar-refractivity contribution < 1.29 is 9.72 Å². The molecule has 9 heteroatoms. The second-order valence-corrected chi connectivity index (χ2v) is 9.07. The fourth-order valence-corrected chi connectivity index (χ4v) is 4.44. The van der Waals surface area contributed by atoms with Crippen molar-refractivity contribution in [2.45, 2.75) is 23.4 Å². The van der Waals surface area contributed by atoms with Gasteiger partial charge in [0.2, 0.25) is 5.13 Å². The second kappa shape index (κ2) is 9.44. The molecule has 1 heterocycles. The van der Waals surface area contributed by atoms with Gasteiger partial charge in [0.05, 0.1) is 4.92 Å². The van der Waals surface area contributed by atoms with E-state index in [2.05, 4.69) is 29.4 Å². The molecule has 0 unspecified atom stereocenters. The summed E-state index contributed by atoms with van der Waals surface area (Å²) in [7, 11) is 0. The molecule has 0 aliphatic heterocycles. The molecular formula is C20H18N4O3S2. The molecule has 0 saturated carbocycles. The van der Waals surface area contributed by atoms with Gasteiger partial charge < -0.3 is 0 Å². The zero-order valence-corrected chi connectivity index (χ0v) is 17.4. The predicted octanol–water partition coefficient (Wildman–Crippen LogP) is 5.13. The standard InChI is InChI=1S/C20H18N4O3S2/c1-13(2)28-20-23-22-19(29-20)21-18(25)17(15-8-4-3-5-9-15)12-14-7-6-10-16(11-14)24(26)27/h3-13H,1-2H3,(H,21,22,25)/b17-12+. The molecule has 0 radical (unpaired) electrons. The molecule has 0 aliphatic rings. The number of amides is 1. The number of benzene rings is 2. The number of carbonyl (C=O) groups is 1. The first-order valence-corrected chi connectivity index (χ1v) is 10.4. The lowest BCUT2D eigenvalue weighted by Crippen LogP contribution is -2.13. The van der Waals surface area contributed by atoms with Crippen LogP contribution in [0.2, 0.25) is 0 Å². The molecule has 3 aromatic rings. The van der Waals surface area contributed by atoms with E-state index in [4.69, 9.17) is 0 Å². The Labute approximate surface area is 176 Å². The monoisotopic (exact) mass is 426 g/mol. The normalized spacial score (nSPS) is 11.5. The van der Waals surface area contributed by atoms with Crippen LogP contribution in [-0.4, -0.2) is 26.3 Å². The molecule has 1 N–H and O–H groups in total. The lowest BCUT2D eigenvalue weighted by atomic mass is 10.0. The van der Waals surface area contributed by atoms with Gasteiger partial charge in [0, 0.05) is 23.0 Å². The highest BCUT2D eigenvalue weighted by atomic mass is 32.2. The molecule has 1 aromatic heterocycles. The third kappa shape index (κ3) is 5.72. The lowest BCUT2D eigenvalue weighted by molar-refractivity contribution is -0.384. The van der Waals surface area contributed by atoms with Gasteiger partial charge in [-0.25, -0.2) is 0 Å². The van der Waals surface area contributed by atoms with Gasteiger partial charge in [-0.2, -0.15) is 0 Å². The number of non-ortho nitro benzene ring substituents is 1. The van der Waals surface area contributed by atoms with E-state index in [0.29, 0.717) is 27.1 Å². The maximum absolute atomic E-state index is 13.0. The van der Waals surface area contributed by atoms with Gasteiger partial charge in [-0.3, -0.25) is 20.2 Å². The summed E-state index contributed by atoms with van der Waals surface area (Å²) >= 11 is 2.88. The van der Waals surface area contributed by atoms with Gasteiger partial charge in [-0.05, 0) is 17.2 Å². The smallest absolute Gasteiger partial charge is 0.270 e. The zero-order chi connectivity index (χ0) is 20.8. The number of nitro benzene ring substituents is 1. The largest absolute Gasteiger partial charge is 0.296 e. The summed E-state index contributed by atoms with van der Waals surface area (Å²) in [6.07, 6.45) is 1.63. The molecule has 0 bridgehead atoms. The highest BCUT2D eigenvalue weighted by molar-refractivity contribution is 8.01. The van der Waals surface area contributed by atoms with Crippen LogP contribution in [0.5, 0.6) is 0 Å². The van der Waals surface area contributed by atoms with E-state index in [1.165, 1.54) is 23.5 Å². The maximum atomic E-state index is 13.0. The second-order valence-electron chi connectivity index (χ2n) is 6.27. The fraction of sp³-hybridized carbons (Fsp3) is 0.150. The van der Waals surface area contributed by atoms with E-state index < -0.39 is 4.92 Å². The Kier molecular flexibility index (Phi) is 6.73. The molecule has 1 amide bonds. The SMILES string of the molecule is CC(C)Sc1nnc(NC(=O)/C(=C/c2cccc([N+](=O)[O-])c2)c2ccccc2)s1. The number of anilines is 1. The number of hydrogen-bond donors (Lipinski definition) is 1. The van der Waals surface area contributed by atoms with E-state index in [1.807, 2.05) is 30.3 Å². The number of hydrogen-bond acceptors (Lipinski definition) is 7. The fourth-order valence-electron chi connectivity index (χ4n) is 2.47. The van der Waals surface area contributed by atoms with Crippen LogP contribution in [-0.2, 0) is 4.79 Å². The van der Waals surface area contributed by atoms with E-state index in [1.54, 1.807) is 30.0 Å². The number of nitrogens with one attached hydrogen (secondary N) is 1. The number of aromatic nitrogens is 2. The number of nitro groups is 1. The van der Waals surface area contributed by atoms with Gasteiger partial charge in [-0.15, -0.1) is 10.2 Å². The summed E-state index contributed by atoms with van der Waals surface area (Å²) in [6.45, 7) is 4.11. The molecule has 0 aliphatic carbocycles. The molecule has 3 rings (SSSR count). The molecule has 0 fully saturated rings. The zero-order valence-electron chi connectivity index (χ0n) is 15.7. The molecule has 0 saturated heterocycles. The van der Waals surface area contributed by atoms with Crippen LogP contribution < -0.4 is 5.32 Å². The predicted molar refractivity (Wildman–Crippen MR) is 117 cm³/mol. The van der Waals surface area contributed by atoms with Crippen LogP contribution >= 0.6 is 23.1 Å². The number of nitrogens with zero attached hydrogens (tertiary/aromatic N) is 3. The molecule has 29 heavy (non-hydrogen) atoms. The van der Waals surface area contributed by atoms with Gasteiger partial charge in [0.15, 0.2) is 4.34 Å². The first-order chi connectivity index (χ1) is 13.9. The van der Waals surface area contributed by atoms with Crippen LogP contribution in [0.25, 0.3) is 11.6 Å². The minimum Gasteiger partial charge on any atom is -0.296 e. The maximum Gasteiger partial charge on any atom is 0.270 e. The van der Waals surface area contributed by atoms with E-state index >= 15 is 0 Å². The summed E-state index contributed by atoms with van der Waals surface area (Å²) in [6, 6.07) is 15.3. The quantitative estimate of drug-likeness (QED) is 0.140. The van der Waals surface area contributed by atoms with Gasteiger partial charge >= 0.3 is 0 Å². The number of rotatable bonds is 7. The topological polar surface area (TPSA) is 98.0 Å². The average molecular weight is 427 g/mol. The Morgan fingerprint density at radius 1 is 1.17 bits per heavy atom. The van der Waals surface area contributed by atoms with Gasteiger partial charge in [-0.1, -0.05) is 79.4 Å². The van der Waals surface area contributed by atoms with Crippen molar-refractivity contribution in [3.8, 4) is 0 Å². The van der Waals surface area contributed by atoms with Crippen molar-refractivity contribution in [1.29, 1.82) is 0 Å². The third-order valence-corrected chi connectivity index (χ3v) is 5.61. The van der Waals surface area contributed by atoms with E-state index in [0.717, 1.165) is 4.34 Å². The minimum atomic E-state index is -0.464. The first-order valence-electron chi connectivity index (χ1n) is 8.75. The number of carbonyl (C=O) groups excluding carboxylic acids is 1. The highest BCUT2D eigenvalue weighted by Crippen LogP contribution is 2.29. The van der Waals surface area contributed by atoms with Crippen LogP contribution in [0.1, 0.15) is 25.0 Å². The van der Waals surface area contributed by atoms with Crippen molar-refractivity contribution in [3.05, 3.63) is 75.8 Å². The molecule has 2 aromatic carbocycles. The minimum absolute atomic E-state index is 0.0361. The van der Waals surface area contributed by atoms with E-state index in [9.17, 15) is 14.9 Å². The van der Waals surface area contributed by atoms with Crippen LogP contribution in [0.15, 0.2) is 58.9 Å². The van der Waals surface area contributed by atoms with Crippen LogP contribution in [0, 0.1) is 10.1 Å².